The van der Waals surface area contributed by atoms with Crippen LogP contribution in [0.1, 0.15) is 22.6 Å². The van der Waals surface area contributed by atoms with Crippen molar-refractivity contribution in [3.8, 4) is 23.0 Å². The number of rotatable bonds is 1. The second kappa shape index (κ2) is 7.48. The van der Waals surface area contributed by atoms with Crippen LogP contribution in [0.2, 0.25) is 0 Å². The molecule has 3 nitrogen and oxygen atoms in total. The number of phenolic OH excluding ortho intramolecular Hbond substituents is 2. The van der Waals surface area contributed by atoms with Crippen molar-refractivity contribution in [2.75, 3.05) is 0 Å². The van der Waals surface area contributed by atoms with E-state index in [-0.39, 0.29) is 17.4 Å². The first-order valence-corrected chi connectivity index (χ1v) is 13.1. The molecule has 1 aliphatic rings. The highest BCUT2D eigenvalue weighted by Crippen LogP contribution is 2.53. The summed E-state index contributed by atoms with van der Waals surface area (Å²) in [7, 11) is 0. The number of ether oxygens (including phenoxy) is 1. The fraction of sp³-hybridized carbons (Fsp3) is 0.0303. The Kier molecular flexibility index (Phi) is 4.17. The quantitative estimate of drug-likeness (QED) is 0.238. The Bertz CT molecular complexity index is 1960. The molecule has 0 bridgehead atoms. The zero-order chi connectivity index (χ0) is 24.7. The smallest absolute Gasteiger partial charge is 0.132 e. The van der Waals surface area contributed by atoms with E-state index in [1.165, 1.54) is 20.2 Å². The van der Waals surface area contributed by atoms with Crippen molar-refractivity contribution in [2.24, 2.45) is 0 Å². The lowest BCUT2D eigenvalue weighted by Crippen LogP contribution is -2.13. The summed E-state index contributed by atoms with van der Waals surface area (Å²) in [5, 5.41) is 27.4. The van der Waals surface area contributed by atoms with E-state index in [1.807, 2.05) is 48.5 Å². The number of hydrogen-bond acceptors (Lipinski definition) is 4. The zero-order valence-corrected chi connectivity index (χ0v) is 20.4. The van der Waals surface area contributed by atoms with Gasteiger partial charge in [-0.3, -0.25) is 0 Å². The molecule has 2 N–H and O–H groups in total. The lowest BCUT2D eigenvalue weighted by atomic mass is 9.78. The maximum atomic E-state index is 10.5. The Labute approximate surface area is 216 Å². The van der Waals surface area contributed by atoms with Gasteiger partial charge in [0.15, 0.2) is 0 Å². The largest absolute Gasteiger partial charge is 0.508 e. The van der Waals surface area contributed by atoms with Crippen molar-refractivity contribution in [3.63, 3.8) is 0 Å². The Morgan fingerprint density at radius 1 is 0.541 bits per heavy atom. The summed E-state index contributed by atoms with van der Waals surface area (Å²) in [6.45, 7) is 0. The van der Waals surface area contributed by atoms with Gasteiger partial charge in [0, 0.05) is 37.2 Å². The second-order valence-electron chi connectivity index (χ2n) is 9.65. The van der Waals surface area contributed by atoms with E-state index in [0.717, 1.165) is 49.7 Å². The van der Waals surface area contributed by atoms with Crippen molar-refractivity contribution in [1.29, 1.82) is 0 Å². The van der Waals surface area contributed by atoms with E-state index >= 15 is 0 Å². The van der Waals surface area contributed by atoms with E-state index in [2.05, 4.69) is 42.5 Å². The van der Waals surface area contributed by atoms with E-state index in [9.17, 15) is 10.2 Å². The number of phenols is 2. The number of aromatic hydroxyl groups is 2. The van der Waals surface area contributed by atoms with Gasteiger partial charge in [-0.1, -0.05) is 48.5 Å². The third-order valence-electron chi connectivity index (χ3n) is 7.54. The highest BCUT2D eigenvalue weighted by atomic mass is 32.1. The molecule has 0 saturated carbocycles. The van der Waals surface area contributed by atoms with E-state index in [0.29, 0.717) is 0 Å². The number of thiophene rings is 1. The average Bonchev–Trinajstić information content (AvgIpc) is 3.29. The summed E-state index contributed by atoms with van der Waals surface area (Å²) in [5.41, 5.74) is 3.19. The van der Waals surface area contributed by atoms with E-state index < -0.39 is 0 Å². The zero-order valence-electron chi connectivity index (χ0n) is 19.6. The summed E-state index contributed by atoms with van der Waals surface area (Å²) in [4.78, 5) is 0. The summed E-state index contributed by atoms with van der Waals surface area (Å²) in [5.74, 6) is 1.86. The molecule has 0 saturated heterocycles. The van der Waals surface area contributed by atoms with Gasteiger partial charge < -0.3 is 14.9 Å². The topological polar surface area (TPSA) is 49.7 Å². The second-order valence-corrected chi connectivity index (χ2v) is 10.7. The molecule has 0 spiro atoms. The van der Waals surface area contributed by atoms with Gasteiger partial charge in [-0.05, 0) is 81.7 Å². The minimum Gasteiger partial charge on any atom is -0.508 e. The third kappa shape index (κ3) is 3.00. The van der Waals surface area contributed by atoms with Crippen LogP contribution < -0.4 is 4.74 Å². The van der Waals surface area contributed by atoms with Crippen LogP contribution in [-0.4, -0.2) is 10.2 Å². The van der Waals surface area contributed by atoms with Gasteiger partial charge in [0.2, 0.25) is 0 Å². The molecule has 0 unspecified atom stereocenters. The third-order valence-corrected chi connectivity index (χ3v) is 8.70. The fourth-order valence-corrected chi connectivity index (χ4v) is 7.00. The summed E-state index contributed by atoms with van der Waals surface area (Å²) in [6, 6.07) is 34.4. The predicted octanol–water partition coefficient (Wildman–Crippen LogP) is 9.06. The monoisotopic (exact) mass is 496 g/mol. The van der Waals surface area contributed by atoms with Crippen molar-refractivity contribution in [3.05, 3.63) is 120 Å². The van der Waals surface area contributed by atoms with Gasteiger partial charge in [-0.15, -0.1) is 11.3 Å². The molecule has 0 aliphatic carbocycles. The van der Waals surface area contributed by atoms with Crippen LogP contribution in [0.5, 0.6) is 23.0 Å². The maximum absolute atomic E-state index is 10.5. The summed E-state index contributed by atoms with van der Waals surface area (Å²) in [6.07, 6.45) is 0. The van der Waals surface area contributed by atoms with Crippen LogP contribution in [0.3, 0.4) is 0 Å². The SMILES string of the molecule is Oc1ccc2ccc3c(c2c1)C(c1ccc2sc4ccccc4c2c1)c1c(ccc2ccc(O)cc12)O3. The van der Waals surface area contributed by atoms with E-state index in [4.69, 9.17) is 4.74 Å². The fourth-order valence-electron chi connectivity index (χ4n) is 5.91. The first-order valence-electron chi connectivity index (χ1n) is 12.2. The lowest BCUT2D eigenvalue weighted by Gasteiger charge is -2.31. The predicted molar refractivity (Wildman–Crippen MR) is 152 cm³/mol. The first kappa shape index (κ1) is 20.6. The van der Waals surface area contributed by atoms with Crippen molar-refractivity contribution < 1.29 is 14.9 Å². The Morgan fingerprint density at radius 3 is 1.81 bits per heavy atom. The minimum atomic E-state index is -0.155. The molecule has 37 heavy (non-hydrogen) atoms. The highest BCUT2D eigenvalue weighted by Gasteiger charge is 2.32. The molecule has 0 fully saturated rings. The summed E-state index contributed by atoms with van der Waals surface area (Å²) < 4.78 is 9.03. The van der Waals surface area contributed by atoms with Crippen molar-refractivity contribution >= 4 is 53.1 Å². The Hall–Kier alpha value is -4.54. The van der Waals surface area contributed by atoms with Gasteiger partial charge in [0.05, 0.1) is 0 Å². The van der Waals surface area contributed by atoms with Gasteiger partial charge >= 0.3 is 0 Å². The van der Waals surface area contributed by atoms with Crippen LogP contribution in [0.4, 0.5) is 0 Å². The van der Waals surface area contributed by atoms with E-state index in [1.54, 1.807) is 23.5 Å². The number of fused-ring (bicyclic) bond motifs is 9. The minimum absolute atomic E-state index is 0.155. The molecule has 176 valence electrons. The molecule has 4 heteroatoms. The van der Waals surface area contributed by atoms with Gasteiger partial charge in [0.25, 0.3) is 0 Å². The maximum Gasteiger partial charge on any atom is 0.132 e. The molecule has 8 rings (SSSR count). The van der Waals surface area contributed by atoms with Crippen LogP contribution in [0, 0.1) is 0 Å². The molecular weight excluding hydrogens is 476 g/mol. The van der Waals surface area contributed by atoms with Crippen LogP contribution in [0.15, 0.2) is 103 Å². The standard InChI is InChI=1S/C33H20O3S/c34-21-10-5-18-7-12-27-32(24(18)16-21)31(33-25-17-22(35)11-6-19(25)8-13-28(33)36-27)20-9-14-30-26(15-20)23-3-1-2-4-29(23)37-30/h1-17,31,34-35H. The molecule has 1 aromatic heterocycles. The summed E-state index contributed by atoms with van der Waals surface area (Å²) >= 11 is 1.81. The van der Waals surface area contributed by atoms with Crippen LogP contribution in [0.25, 0.3) is 41.7 Å². The van der Waals surface area contributed by atoms with Crippen molar-refractivity contribution in [2.45, 2.75) is 5.92 Å². The molecule has 0 radical (unpaired) electrons. The van der Waals surface area contributed by atoms with Gasteiger partial charge in [0.1, 0.15) is 23.0 Å². The Morgan fingerprint density at radius 2 is 1.14 bits per heavy atom. The highest BCUT2D eigenvalue weighted by molar-refractivity contribution is 7.25. The molecular formula is C33H20O3S. The van der Waals surface area contributed by atoms with Crippen LogP contribution in [-0.2, 0) is 0 Å². The lowest BCUT2D eigenvalue weighted by molar-refractivity contribution is 0.455. The first-order chi connectivity index (χ1) is 18.1. The molecule has 1 aliphatic heterocycles. The normalized spacial score (nSPS) is 13.2. The number of benzene rings is 6. The number of hydrogen-bond donors (Lipinski definition) is 2. The Balaban J connectivity index is 1.51. The molecule has 7 aromatic rings. The van der Waals surface area contributed by atoms with Crippen LogP contribution >= 0.6 is 11.3 Å². The molecule has 0 atom stereocenters. The average molecular weight is 497 g/mol. The van der Waals surface area contributed by atoms with Gasteiger partial charge in [-0.25, -0.2) is 0 Å². The van der Waals surface area contributed by atoms with Gasteiger partial charge in [-0.2, -0.15) is 0 Å². The molecule has 2 heterocycles. The molecule has 6 aromatic carbocycles. The molecule has 0 amide bonds. The van der Waals surface area contributed by atoms with Crippen molar-refractivity contribution in [1.82, 2.24) is 0 Å².